The van der Waals surface area contributed by atoms with E-state index in [1.54, 1.807) is 12.5 Å². The van der Waals surface area contributed by atoms with Crippen molar-refractivity contribution in [2.75, 3.05) is 31.1 Å². The molecule has 0 unspecified atom stereocenters. The van der Waals surface area contributed by atoms with Gasteiger partial charge >= 0.3 is 0 Å². The zero-order valence-electron chi connectivity index (χ0n) is 14.5. The van der Waals surface area contributed by atoms with E-state index in [0.717, 1.165) is 17.3 Å². The number of carbonyl (C=O) groups is 1. The summed E-state index contributed by atoms with van der Waals surface area (Å²) in [5.74, 6) is 1.62. The number of carbonyl (C=O) groups excluding carboxylic acids is 1. The first-order valence-corrected chi connectivity index (χ1v) is 8.49. The second kappa shape index (κ2) is 6.91. The van der Waals surface area contributed by atoms with Crippen molar-refractivity contribution in [3.63, 3.8) is 0 Å². The zero-order chi connectivity index (χ0) is 17.9. The summed E-state index contributed by atoms with van der Waals surface area (Å²) in [7, 11) is 0. The third-order valence-corrected chi connectivity index (χ3v) is 4.40. The number of rotatable bonds is 3. The van der Waals surface area contributed by atoms with Crippen LogP contribution in [0.2, 0.25) is 0 Å². The Kier molecular flexibility index (Phi) is 4.30. The Morgan fingerprint density at radius 3 is 2.35 bits per heavy atom. The van der Waals surface area contributed by atoms with Crippen LogP contribution >= 0.6 is 0 Å². The highest BCUT2D eigenvalue weighted by Gasteiger charge is 2.24. The van der Waals surface area contributed by atoms with E-state index < -0.39 is 0 Å². The van der Waals surface area contributed by atoms with Crippen molar-refractivity contribution >= 4 is 11.7 Å². The Labute approximate surface area is 151 Å². The summed E-state index contributed by atoms with van der Waals surface area (Å²) in [5, 5.41) is 0. The van der Waals surface area contributed by atoms with Crippen LogP contribution in [-0.4, -0.2) is 61.5 Å². The van der Waals surface area contributed by atoms with Crippen molar-refractivity contribution < 1.29 is 4.79 Å². The first-order chi connectivity index (χ1) is 12.7. The standard InChI is InChI=1S/C18H19N7O/c1-14-11-20-15(12-19-14)18(26)25-8-6-24(7-9-25)17-10-16(21-13-22-17)23-4-2-3-5-23/h2-5,10-13H,6-9H2,1H3. The SMILES string of the molecule is Cc1cnc(C(=O)N2CCN(c3cc(-n4cccc4)ncn3)CC2)cn1. The summed E-state index contributed by atoms with van der Waals surface area (Å²) in [6.45, 7) is 4.53. The first-order valence-electron chi connectivity index (χ1n) is 8.49. The van der Waals surface area contributed by atoms with Crippen molar-refractivity contribution in [3.05, 3.63) is 60.7 Å². The summed E-state index contributed by atoms with van der Waals surface area (Å²) in [5.41, 5.74) is 1.19. The molecule has 4 rings (SSSR count). The molecule has 1 aliphatic heterocycles. The third kappa shape index (κ3) is 3.26. The van der Waals surface area contributed by atoms with Crippen LogP contribution in [0.1, 0.15) is 16.2 Å². The molecular weight excluding hydrogens is 330 g/mol. The van der Waals surface area contributed by atoms with E-state index in [1.165, 1.54) is 6.20 Å². The molecule has 26 heavy (non-hydrogen) atoms. The minimum absolute atomic E-state index is 0.0760. The van der Waals surface area contributed by atoms with Crippen LogP contribution in [0, 0.1) is 6.92 Å². The van der Waals surface area contributed by atoms with Crippen LogP contribution in [0.4, 0.5) is 5.82 Å². The van der Waals surface area contributed by atoms with Gasteiger partial charge in [0.1, 0.15) is 23.7 Å². The van der Waals surface area contributed by atoms with Gasteiger partial charge in [-0.05, 0) is 19.1 Å². The van der Waals surface area contributed by atoms with Gasteiger partial charge in [-0.25, -0.2) is 15.0 Å². The van der Waals surface area contributed by atoms with Crippen molar-refractivity contribution in [3.8, 4) is 5.82 Å². The number of anilines is 1. The lowest BCUT2D eigenvalue weighted by atomic mass is 10.2. The fraction of sp³-hybridized carbons (Fsp3) is 0.278. The minimum Gasteiger partial charge on any atom is -0.353 e. The molecule has 3 aromatic rings. The van der Waals surface area contributed by atoms with Crippen LogP contribution in [0.25, 0.3) is 5.82 Å². The van der Waals surface area contributed by atoms with E-state index in [-0.39, 0.29) is 5.91 Å². The molecule has 0 spiro atoms. The Hall–Kier alpha value is -3.29. The molecule has 4 heterocycles. The van der Waals surface area contributed by atoms with Gasteiger partial charge in [0, 0.05) is 50.8 Å². The van der Waals surface area contributed by atoms with Gasteiger partial charge in [0.25, 0.3) is 5.91 Å². The molecule has 0 atom stereocenters. The van der Waals surface area contributed by atoms with E-state index in [4.69, 9.17) is 0 Å². The van der Waals surface area contributed by atoms with Gasteiger partial charge in [-0.1, -0.05) is 0 Å². The van der Waals surface area contributed by atoms with Crippen LogP contribution in [0.5, 0.6) is 0 Å². The topological polar surface area (TPSA) is 80.0 Å². The lowest BCUT2D eigenvalue weighted by Crippen LogP contribution is -2.49. The van der Waals surface area contributed by atoms with E-state index in [9.17, 15) is 4.79 Å². The van der Waals surface area contributed by atoms with Crippen LogP contribution < -0.4 is 4.90 Å². The number of hydrogen-bond acceptors (Lipinski definition) is 6. The molecule has 0 saturated carbocycles. The average Bonchev–Trinajstić information content (AvgIpc) is 3.23. The van der Waals surface area contributed by atoms with E-state index >= 15 is 0 Å². The molecule has 0 aromatic carbocycles. The summed E-state index contributed by atoms with van der Waals surface area (Å²) in [4.78, 5) is 33.5. The molecule has 1 aliphatic rings. The van der Waals surface area contributed by atoms with Crippen molar-refractivity contribution in [2.24, 2.45) is 0 Å². The van der Waals surface area contributed by atoms with Gasteiger partial charge in [-0.15, -0.1) is 0 Å². The Bertz CT molecular complexity index is 884. The lowest BCUT2D eigenvalue weighted by molar-refractivity contribution is 0.0740. The minimum atomic E-state index is -0.0760. The van der Waals surface area contributed by atoms with Crippen molar-refractivity contribution in [1.82, 2.24) is 29.4 Å². The van der Waals surface area contributed by atoms with Gasteiger partial charge in [0.2, 0.25) is 0 Å². The highest BCUT2D eigenvalue weighted by molar-refractivity contribution is 5.92. The van der Waals surface area contributed by atoms with Crippen LogP contribution in [-0.2, 0) is 0 Å². The smallest absolute Gasteiger partial charge is 0.274 e. The van der Waals surface area contributed by atoms with E-state index in [2.05, 4.69) is 24.8 Å². The second-order valence-corrected chi connectivity index (χ2v) is 6.15. The van der Waals surface area contributed by atoms with Gasteiger partial charge in [0.15, 0.2) is 0 Å². The fourth-order valence-electron chi connectivity index (χ4n) is 2.94. The van der Waals surface area contributed by atoms with Crippen molar-refractivity contribution in [1.29, 1.82) is 0 Å². The summed E-state index contributed by atoms with van der Waals surface area (Å²) >= 11 is 0. The monoisotopic (exact) mass is 349 g/mol. The predicted molar refractivity (Wildman–Crippen MR) is 96.2 cm³/mol. The predicted octanol–water partition coefficient (Wildman–Crippen LogP) is 1.33. The molecule has 132 valence electrons. The Balaban J connectivity index is 1.43. The molecule has 0 bridgehead atoms. The second-order valence-electron chi connectivity index (χ2n) is 6.15. The van der Waals surface area contributed by atoms with Gasteiger partial charge in [0.05, 0.1) is 11.9 Å². The normalized spacial score (nSPS) is 14.5. The number of aryl methyl sites for hydroxylation is 1. The molecular formula is C18H19N7O. The Morgan fingerprint density at radius 1 is 0.923 bits per heavy atom. The highest BCUT2D eigenvalue weighted by atomic mass is 16.2. The number of nitrogens with zero attached hydrogens (tertiary/aromatic N) is 7. The lowest BCUT2D eigenvalue weighted by Gasteiger charge is -2.35. The summed E-state index contributed by atoms with van der Waals surface area (Å²) < 4.78 is 1.95. The summed E-state index contributed by atoms with van der Waals surface area (Å²) in [6.07, 6.45) is 8.63. The molecule has 1 saturated heterocycles. The maximum absolute atomic E-state index is 12.5. The van der Waals surface area contributed by atoms with E-state index in [0.29, 0.717) is 31.9 Å². The molecule has 0 N–H and O–H groups in total. The number of amides is 1. The molecule has 3 aromatic heterocycles. The molecule has 8 nitrogen and oxygen atoms in total. The average molecular weight is 349 g/mol. The van der Waals surface area contributed by atoms with Gasteiger partial charge in [-0.2, -0.15) is 0 Å². The first kappa shape index (κ1) is 16.2. The molecule has 1 amide bonds. The zero-order valence-corrected chi connectivity index (χ0v) is 14.5. The van der Waals surface area contributed by atoms with Crippen molar-refractivity contribution in [2.45, 2.75) is 6.92 Å². The fourth-order valence-corrected chi connectivity index (χ4v) is 2.94. The summed E-state index contributed by atoms with van der Waals surface area (Å²) in [6, 6.07) is 5.88. The number of piperazine rings is 1. The molecule has 0 aliphatic carbocycles. The maximum Gasteiger partial charge on any atom is 0.274 e. The van der Waals surface area contributed by atoms with Gasteiger partial charge in [-0.3, -0.25) is 9.78 Å². The quantitative estimate of drug-likeness (QED) is 0.710. The highest BCUT2D eigenvalue weighted by Crippen LogP contribution is 2.17. The molecule has 0 radical (unpaired) electrons. The largest absolute Gasteiger partial charge is 0.353 e. The maximum atomic E-state index is 12.5. The van der Waals surface area contributed by atoms with E-state index in [1.807, 2.05) is 47.0 Å². The van der Waals surface area contributed by atoms with Crippen LogP contribution in [0.15, 0.2) is 49.3 Å². The van der Waals surface area contributed by atoms with Gasteiger partial charge < -0.3 is 14.4 Å². The molecule has 1 fully saturated rings. The number of hydrogen-bond donors (Lipinski definition) is 0. The Morgan fingerprint density at radius 2 is 1.65 bits per heavy atom. The van der Waals surface area contributed by atoms with Crippen LogP contribution in [0.3, 0.4) is 0 Å². The molecule has 8 heteroatoms. The number of aromatic nitrogens is 5. The third-order valence-electron chi connectivity index (χ3n) is 4.40.